The average Bonchev–Trinajstić information content (AvgIpc) is 2.38. The Morgan fingerprint density at radius 3 is 2.22 bits per heavy atom. The van der Waals surface area contributed by atoms with Crippen LogP contribution in [0, 0.1) is 0 Å². The summed E-state index contributed by atoms with van der Waals surface area (Å²) >= 11 is 0. The van der Waals surface area contributed by atoms with Gasteiger partial charge in [-0.25, -0.2) is 0 Å². The summed E-state index contributed by atoms with van der Waals surface area (Å²) in [6.45, 7) is 1.32. The lowest BCUT2D eigenvalue weighted by molar-refractivity contribution is -0.0820. The molecular weight excluding hydrogens is 236 g/mol. The molecule has 0 aliphatic carbocycles. The van der Waals surface area contributed by atoms with E-state index < -0.39 is 24.4 Å². The van der Waals surface area contributed by atoms with Crippen LogP contribution in [0.1, 0.15) is 6.92 Å². The van der Waals surface area contributed by atoms with Crippen molar-refractivity contribution in [3.63, 3.8) is 0 Å². The summed E-state index contributed by atoms with van der Waals surface area (Å²) in [6, 6.07) is 9.06. The van der Waals surface area contributed by atoms with Gasteiger partial charge in [-0.2, -0.15) is 5.10 Å². The average molecular weight is 254 g/mol. The predicted octanol–water partition coefficient (Wildman–Crippen LogP) is -0.452. The first-order valence-electron chi connectivity index (χ1n) is 5.59. The van der Waals surface area contributed by atoms with Gasteiger partial charge in [0.15, 0.2) is 0 Å². The lowest BCUT2D eigenvalue weighted by atomic mass is 10.1. The molecule has 18 heavy (non-hydrogen) atoms. The number of nitrogens with one attached hydrogen (secondary N) is 1. The second-order valence-corrected chi connectivity index (χ2v) is 3.97. The van der Waals surface area contributed by atoms with Gasteiger partial charge in [-0.15, -0.1) is 0 Å². The number of hydrogen-bond acceptors (Lipinski definition) is 6. The number of para-hydroxylation sites is 1. The van der Waals surface area contributed by atoms with Crippen molar-refractivity contribution >= 4 is 11.9 Å². The summed E-state index contributed by atoms with van der Waals surface area (Å²) in [5.41, 5.74) is 3.38. The van der Waals surface area contributed by atoms with E-state index in [1.807, 2.05) is 18.2 Å². The van der Waals surface area contributed by atoms with Gasteiger partial charge in [0.1, 0.15) is 18.3 Å². The van der Waals surface area contributed by atoms with E-state index in [1.165, 1.54) is 6.92 Å². The molecule has 0 bridgehead atoms. The van der Waals surface area contributed by atoms with Crippen LogP contribution in [0.3, 0.4) is 0 Å². The second kappa shape index (κ2) is 7.07. The highest BCUT2D eigenvalue weighted by molar-refractivity contribution is 5.65. The normalized spacial score (nSPS) is 18.3. The molecule has 0 amide bonds. The zero-order valence-corrected chi connectivity index (χ0v) is 10.0. The summed E-state index contributed by atoms with van der Waals surface area (Å²) in [5.74, 6) is 0. The van der Waals surface area contributed by atoms with Crippen LogP contribution >= 0.6 is 0 Å². The van der Waals surface area contributed by atoms with Crippen molar-refractivity contribution in [2.75, 3.05) is 5.43 Å². The molecule has 0 aliphatic rings. The quantitative estimate of drug-likeness (QED) is 0.349. The molecule has 1 rings (SSSR count). The van der Waals surface area contributed by atoms with Crippen molar-refractivity contribution in [1.29, 1.82) is 0 Å². The first kappa shape index (κ1) is 14.6. The summed E-state index contributed by atoms with van der Waals surface area (Å²) < 4.78 is 0. The fourth-order valence-corrected chi connectivity index (χ4v) is 1.28. The van der Waals surface area contributed by atoms with Crippen molar-refractivity contribution in [1.82, 2.24) is 0 Å². The number of hydrogen-bond donors (Lipinski definition) is 5. The molecule has 4 atom stereocenters. The number of nitrogens with zero attached hydrogens (tertiary/aromatic N) is 1. The molecule has 0 aromatic heterocycles. The van der Waals surface area contributed by atoms with Crippen LogP contribution in [0.4, 0.5) is 5.69 Å². The number of rotatable bonds is 6. The number of aliphatic hydroxyl groups excluding tert-OH is 4. The fourth-order valence-electron chi connectivity index (χ4n) is 1.28. The van der Waals surface area contributed by atoms with Gasteiger partial charge in [-0.1, -0.05) is 18.2 Å². The molecule has 1 aromatic carbocycles. The van der Waals surface area contributed by atoms with Gasteiger partial charge in [-0.3, -0.25) is 5.43 Å². The van der Waals surface area contributed by atoms with E-state index in [0.717, 1.165) is 11.9 Å². The van der Waals surface area contributed by atoms with Crippen molar-refractivity contribution < 1.29 is 20.4 Å². The molecule has 0 aliphatic heterocycles. The molecule has 0 fully saturated rings. The van der Waals surface area contributed by atoms with Crippen LogP contribution in [-0.4, -0.2) is 51.1 Å². The molecule has 0 radical (unpaired) electrons. The Balaban J connectivity index is 2.47. The predicted molar refractivity (Wildman–Crippen MR) is 68.3 cm³/mol. The van der Waals surface area contributed by atoms with Crippen LogP contribution in [0.2, 0.25) is 0 Å². The third-order valence-corrected chi connectivity index (χ3v) is 2.39. The lowest BCUT2D eigenvalue weighted by Gasteiger charge is -2.22. The van der Waals surface area contributed by atoms with Gasteiger partial charge in [0.05, 0.1) is 18.0 Å². The Kier molecular flexibility index (Phi) is 5.73. The van der Waals surface area contributed by atoms with Crippen LogP contribution in [0.15, 0.2) is 35.4 Å². The third kappa shape index (κ3) is 4.42. The Morgan fingerprint density at radius 2 is 1.67 bits per heavy atom. The Bertz CT molecular complexity index is 370. The number of benzene rings is 1. The highest BCUT2D eigenvalue weighted by Gasteiger charge is 2.26. The summed E-state index contributed by atoms with van der Waals surface area (Å²) in [7, 11) is 0. The zero-order valence-electron chi connectivity index (χ0n) is 10.0. The van der Waals surface area contributed by atoms with E-state index in [9.17, 15) is 15.3 Å². The van der Waals surface area contributed by atoms with E-state index in [1.54, 1.807) is 12.1 Å². The molecule has 6 heteroatoms. The van der Waals surface area contributed by atoms with Gasteiger partial charge in [-0.05, 0) is 19.1 Å². The van der Waals surface area contributed by atoms with Crippen molar-refractivity contribution in [3.8, 4) is 0 Å². The molecule has 0 saturated heterocycles. The maximum absolute atomic E-state index is 9.50. The minimum atomic E-state index is -1.49. The van der Waals surface area contributed by atoms with E-state index in [0.29, 0.717) is 0 Å². The molecule has 0 spiro atoms. The number of aliphatic hydroxyl groups is 4. The van der Waals surface area contributed by atoms with Crippen LogP contribution in [-0.2, 0) is 0 Å². The monoisotopic (exact) mass is 254 g/mol. The molecule has 6 nitrogen and oxygen atoms in total. The minimum Gasteiger partial charge on any atom is -0.391 e. The standard InChI is InChI=1S/C12H18N2O4/c1-8(15)11(17)12(18)10(16)7-13-14-9-5-3-2-4-6-9/h2-8,10-12,14-18H,1H3/b13-7+/t8-,10+,11+,12-/m0/s1. The highest BCUT2D eigenvalue weighted by atomic mass is 16.4. The SMILES string of the molecule is C[C@H](O)[C@@H](O)[C@@H](O)[C@H](O)/C=N/Nc1ccccc1. The zero-order chi connectivity index (χ0) is 13.5. The van der Waals surface area contributed by atoms with Gasteiger partial charge >= 0.3 is 0 Å². The largest absolute Gasteiger partial charge is 0.391 e. The smallest absolute Gasteiger partial charge is 0.119 e. The molecule has 0 unspecified atom stereocenters. The highest BCUT2D eigenvalue weighted by Crippen LogP contribution is 2.06. The van der Waals surface area contributed by atoms with Crippen molar-refractivity contribution in [2.45, 2.75) is 31.3 Å². The Labute approximate surface area is 105 Å². The summed E-state index contributed by atoms with van der Waals surface area (Å²) in [5, 5.41) is 41.1. The maximum atomic E-state index is 9.50. The van der Waals surface area contributed by atoms with Crippen molar-refractivity contribution in [2.24, 2.45) is 5.10 Å². The minimum absolute atomic E-state index is 0.728. The second-order valence-electron chi connectivity index (χ2n) is 3.97. The number of hydrazone groups is 1. The van der Waals surface area contributed by atoms with Crippen molar-refractivity contribution in [3.05, 3.63) is 30.3 Å². The summed E-state index contributed by atoms with van der Waals surface area (Å²) in [4.78, 5) is 0. The van der Waals surface area contributed by atoms with E-state index >= 15 is 0 Å². The first-order valence-corrected chi connectivity index (χ1v) is 5.59. The molecule has 0 heterocycles. The van der Waals surface area contributed by atoms with Gasteiger partial charge in [0, 0.05) is 0 Å². The van der Waals surface area contributed by atoms with E-state index in [4.69, 9.17) is 5.11 Å². The van der Waals surface area contributed by atoms with E-state index in [2.05, 4.69) is 10.5 Å². The Hall–Kier alpha value is -1.47. The molecular formula is C12H18N2O4. The first-order chi connectivity index (χ1) is 8.52. The number of anilines is 1. The lowest BCUT2D eigenvalue weighted by Crippen LogP contribution is -2.44. The fraction of sp³-hybridized carbons (Fsp3) is 0.417. The van der Waals surface area contributed by atoms with Crippen LogP contribution in [0.25, 0.3) is 0 Å². The van der Waals surface area contributed by atoms with Crippen LogP contribution < -0.4 is 5.43 Å². The van der Waals surface area contributed by atoms with Crippen LogP contribution in [0.5, 0.6) is 0 Å². The van der Waals surface area contributed by atoms with Gasteiger partial charge in [0.25, 0.3) is 0 Å². The molecule has 0 saturated carbocycles. The van der Waals surface area contributed by atoms with Gasteiger partial charge < -0.3 is 20.4 Å². The molecule has 1 aromatic rings. The maximum Gasteiger partial charge on any atom is 0.119 e. The Morgan fingerprint density at radius 1 is 1.06 bits per heavy atom. The van der Waals surface area contributed by atoms with Gasteiger partial charge in [0.2, 0.25) is 0 Å². The molecule has 100 valence electrons. The van der Waals surface area contributed by atoms with E-state index in [-0.39, 0.29) is 0 Å². The molecule has 5 N–H and O–H groups in total. The third-order valence-electron chi connectivity index (χ3n) is 2.39. The summed E-state index contributed by atoms with van der Waals surface area (Å²) in [6.07, 6.45) is -4.37. The topological polar surface area (TPSA) is 105 Å².